The van der Waals surface area contributed by atoms with Crippen LogP contribution in [0.3, 0.4) is 0 Å². The van der Waals surface area contributed by atoms with Gasteiger partial charge in [0.25, 0.3) is 11.7 Å². The molecule has 0 atom stereocenters. The van der Waals surface area contributed by atoms with Gasteiger partial charge >= 0.3 is 0 Å². The van der Waals surface area contributed by atoms with E-state index in [4.69, 9.17) is 11.6 Å². The van der Waals surface area contributed by atoms with Crippen molar-refractivity contribution >= 4 is 29.0 Å². The maximum Gasteiger partial charge on any atom is 0.299 e. The van der Waals surface area contributed by atoms with Crippen LogP contribution in [0.15, 0.2) is 12.1 Å². The normalized spacial score (nSPS) is 14.7. The molecular weight excluding hydrogens is 221 g/mol. The van der Waals surface area contributed by atoms with Gasteiger partial charge in [0.1, 0.15) is 5.82 Å². The molecule has 1 heterocycles. The molecule has 0 unspecified atom stereocenters. The van der Waals surface area contributed by atoms with E-state index in [0.29, 0.717) is 0 Å². The van der Waals surface area contributed by atoms with E-state index in [-0.39, 0.29) is 22.8 Å². The molecule has 1 aliphatic heterocycles. The Kier molecular flexibility index (Phi) is 2.23. The molecule has 0 aliphatic carbocycles. The van der Waals surface area contributed by atoms with Crippen molar-refractivity contribution < 1.29 is 14.0 Å². The summed E-state index contributed by atoms with van der Waals surface area (Å²) in [6.45, 7) is 1.91. The molecule has 78 valence electrons. The minimum atomic E-state index is -0.739. The highest BCUT2D eigenvalue weighted by Gasteiger charge is 2.38. The summed E-state index contributed by atoms with van der Waals surface area (Å²) in [7, 11) is 0. The average molecular weight is 228 g/mol. The van der Waals surface area contributed by atoms with Gasteiger partial charge in [-0.1, -0.05) is 11.6 Å². The molecule has 1 amide bonds. The van der Waals surface area contributed by atoms with Crippen molar-refractivity contribution in [1.29, 1.82) is 0 Å². The minimum absolute atomic E-state index is 0.000000000000000222. The number of nitrogens with zero attached hydrogens (tertiary/aromatic N) is 1. The van der Waals surface area contributed by atoms with Crippen molar-refractivity contribution in [2.24, 2.45) is 0 Å². The Bertz CT molecular complexity index is 473. The second kappa shape index (κ2) is 3.31. The summed E-state index contributed by atoms with van der Waals surface area (Å²) in [4.78, 5) is 24.0. The van der Waals surface area contributed by atoms with Gasteiger partial charge in [-0.3, -0.25) is 9.59 Å². The largest absolute Gasteiger partial charge is 0.302 e. The molecule has 3 nitrogen and oxygen atoms in total. The first-order valence-electron chi connectivity index (χ1n) is 4.42. The number of anilines is 1. The molecule has 0 bridgehead atoms. The van der Waals surface area contributed by atoms with Crippen molar-refractivity contribution in [2.45, 2.75) is 6.92 Å². The van der Waals surface area contributed by atoms with Gasteiger partial charge in [-0.05, 0) is 19.1 Å². The van der Waals surface area contributed by atoms with E-state index in [9.17, 15) is 14.0 Å². The molecule has 1 aromatic rings. The number of hydrogen-bond acceptors (Lipinski definition) is 2. The summed E-state index contributed by atoms with van der Waals surface area (Å²) >= 11 is 5.76. The molecule has 2 rings (SSSR count). The molecular formula is C10H7ClFNO2. The Labute approximate surface area is 90.4 Å². The number of amides is 1. The summed E-state index contributed by atoms with van der Waals surface area (Å²) < 4.78 is 13.4. The van der Waals surface area contributed by atoms with Crippen LogP contribution in [0.25, 0.3) is 0 Å². The summed E-state index contributed by atoms with van der Waals surface area (Å²) in [5, 5.41) is 0.112. The topological polar surface area (TPSA) is 37.4 Å². The number of Topliss-reactive ketones (excluding diaryl/α,β-unsaturated/α-hetero) is 1. The first-order chi connectivity index (χ1) is 7.07. The van der Waals surface area contributed by atoms with Crippen LogP contribution in [0.2, 0.25) is 5.02 Å². The monoisotopic (exact) mass is 227 g/mol. The lowest BCUT2D eigenvalue weighted by Gasteiger charge is -2.13. The van der Waals surface area contributed by atoms with Gasteiger partial charge in [-0.25, -0.2) is 4.39 Å². The number of carbonyl (C=O) groups is 2. The second-order valence-corrected chi connectivity index (χ2v) is 3.54. The summed E-state index contributed by atoms with van der Waals surface area (Å²) in [6, 6.07) is 2.43. The molecule has 0 saturated heterocycles. The van der Waals surface area contributed by atoms with Crippen LogP contribution in [0, 0.1) is 5.82 Å². The number of benzene rings is 1. The maximum absolute atomic E-state index is 13.4. The van der Waals surface area contributed by atoms with E-state index in [1.54, 1.807) is 6.92 Å². The zero-order valence-corrected chi connectivity index (χ0v) is 8.64. The maximum atomic E-state index is 13.4. The summed E-state index contributed by atoms with van der Waals surface area (Å²) in [5.74, 6) is -2.06. The first kappa shape index (κ1) is 10.1. The number of carbonyl (C=O) groups excluding carboxylic acids is 2. The molecule has 0 spiro atoms. The van der Waals surface area contributed by atoms with E-state index < -0.39 is 17.5 Å². The Morgan fingerprint density at radius 3 is 2.67 bits per heavy atom. The number of ketones is 1. The van der Waals surface area contributed by atoms with E-state index in [1.807, 2.05) is 0 Å². The van der Waals surface area contributed by atoms with E-state index in [2.05, 4.69) is 0 Å². The number of halogens is 2. The second-order valence-electron chi connectivity index (χ2n) is 3.13. The van der Waals surface area contributed by atoms with Crippen LogP contribution < -0.4 is 4.90 Å². The number of hydrogen-bond donors (Lipinski definition) is 0. The Morgan fingerprint density at radius 2 is 2.07 bits per heavy atom. The third-order valence-corrected chi connectivity index (χ3v) is 2.65. The van der Waals surface area contributed by atoms with E-state index >= 15 is 0 Å². The molecule has 15 heavy (non-hydrogen) atoms. The Hall–Kier alpha value is -1.42. The van der Waals surface area contributed by atoms with Crippen LogP contribution in [-0.2, 0) is 4.79 Å². The van der Waals surface area contributed by atoms with Crippen LogP contribution in [-0.4, -0.2) is 18.2 Å². The Morgan fingerprint density at radius 1 is 1.40 bits per heavy atom. The quantitative estimate of drug-likeness (QED) is 0.689. The van der Waals surface area contributed by atoms with Crippen LogP contribution >= 0.6 is 11.6 Å². The molecule has 0 fully saturated rings. The first-order valence-corrected chi connectivity index (χ1v) is 4.80. The zero-order valence-electron chi connectivity index (χ0n) is 7.88. The highest BCUT2D eigenvalue weighted by Crippen LogP contribution is 2.36. The van der Waals surface area contributed by atoms with Crippen molar-refractivity contribution in [2.75, 3.05) is 11.4 Å². The lowest BCUT2D eigenvalue weighted by molar-refractivity contribution is -0.114. The summed E-state index contributed by atoms with van der Waals surface area (Å²) in [6.07, 6.45) is 0. The third-order valence-electron chi connectivity index (χ3n) is 2.33. The summed E-state index contributed by atoms with van der Waals surface area (Å²) in [5.41, 5.74) is -0.0245. The standard InChI is InChI=1S/C10H7ClFNO2/c1-2-13-8-6(12)4-3-5(11)7(8)9(14)10(13)15/h3-4H,2H2,1H3. The SMILES string of the molecule is CCN1C(=O)C(=O)c2c(Cl)ccc(F)c21. The van der Waals surface area contributed by atoms with Gasteiger partial charge in [-0.15, -0.1) is 0 Å². The molecule has 1 aliphatic rings. The average Bonchev–Trinajstić information content (AvgIpc) is 2.47. The van der Waals surface area contributed by atoms with Crippen LogP contribution in [0.5, 0.6) is 0 Å². The molecule has 0 N–H and O–H groups in total. The fourth-order valence-corrected chi connectivity index (χ4v) is 1.89. The number of likely N-dealkylation sites (N-methyl/N-ethyl adjacent to an activating group) is 1. The van der Waals surface area contributed by atoms with Gasteiger partial charge in [0, 0.05) is 6.54 Å². The van der Waals surface area contributed by atoms with Crippen molar-refractivity contribution in [3.63, 3.8) is 0 Å². The predicted octanol–water partition coefficient (Wildman–Crippen LogP) is 2.03. The number of rotatable bonds is 1. The third kappa shape index (κ3) is 1.25. The van der Waals surface area contributed by atoms with Crippen molar-refractivity contribution in [1.82, 2.24) is 0 Å². The minimum Gasteiger partial charge on any atom is -0.302 e. The molecule has 5 heteroatoms. The highest BCUT2D eigenvalue weighted by atomic mass is 35.5. The van der Waals surface area contributed by atoms with Gasteiger partial charge in [0.15, 0.2) is 0 Å². The van der Waals surface area contributed by atoms with Crippen molar-refractivity contribution in [3.05, 3.63) is 28.5 Å². The lowest BCUT2D eigenvalue weighted by atomic mass is 10.1. The van der Waals surface area contributed by atoms with Gasteiger partial charge in [-0.2, -0.15) is 0 Å². The fourth-order valence-electron chi connectivity index (χ4n) is 1.65. The van der Waals surface area contributed by atoms with E-state index in [0.717, 1.165) is 11.0 Å². The highest BCUT2D eigenvalue weighted by molar-refractivity contribution is 6.55. The van der Waals surface area contributed by atoms with Crippen LogP contribution in [0.1, 0.15) is 17.3 Å². The fraction of sp³-hybridized carbons (Fsp3) is 0.200. The van der Waals surface area contributed by atoms with Crippen LogP contribution in [0.4, 0.5) is 10.1 Å². The molecule has 1 aromatic carbocycles. The van der Waals surface area contributed by atoms with Gasteiger partial charge < -0.3 is 4.90 Å². The lowest BCUT2D eigenvalue weighted by Crippen LogP contribution is -2.29. The zero-order chi connectivity index (χ0) is 11.2. The van der Waals surface area contributed by atoms with Crippen molar-refractivity contribution in [3.8, 4) is 0 Å². The molecule has 0 radical (unpaired) electrons. The van der Waals surface area contributed by atoms with E-state index in [1.165, 1.54) is 6.07 Å². The predicted molar refractivity (Wildman–Crippen MR) is 53.8 cm³/mol. The Balaban J connectivity index is 2.75. The molecule has 0 aromatic heterocycles. The van der Waals surface area contributed by atoms with Gasteiger partial charge in [0.05, 0.1) is 16.3 Å². The number of fused-ring (bicyclic) bond motifs is 1. The smallest absolute Gasteiger partial charge is 0.299 e. The van der Waals surface area contributed by atoms with Gasteiger partial charge in [0.2, 0.25) is 0 Å². The molecule has 0 saturated carbocycles.